The van der Waals surface area contributed by atoms with Crippen molar-refractivity contribution in [3.8, 4) is 0 Å². The Morgan fingerprint density at radius 3 is 2.44 bits per heavy atom. The average Bonchev–Trinajstić information content (AvgIpc) is 2.27. The fourth-order valence-electron chi connectivity index (χ4n) is 2.41. The van der Waals surface area contributed by atoms with E-state index in [0.717, 1.165) is 29.4 Å². The normalized spacial score (nSPS) is 26.2. The molecule has 0 aliphatic carbocycles. The number of benzene rings is 1. The Balaban J connectivity index is 2.22. The minimum absolute atomic E-state index is 0.466. The molecule has 0 spiro atoms. The van der Waals surface area contributed by atoms with E-state index in [1.165, 1.54) is 0 Å². The van der Waals surface area contributed by atoms with Crippen LogP contribution in [0, 0.1) is 0 Å². The Kier molecular flexibility index (Phi) is 4.46. The molecule has 18 heavy (non-hydrogen) atoms. The molecule has 100 valence electrons. The Morgan fingerprint density at radius 1 is 1.33 bits per heavy atom. The van der Waals surface area contributed by atoms with Crippen LogP contribution >= 0.6 is 23.4 Å². The van der Waals surface area contributed by atoms with Crippen LogP contribution in [0.15, 0.2) is 18.2 Å². The first-order valence-corrected chi connectivity index (χ1v) is 7.67. The molecule has 0 saturated carbocycles. The van der Waals surface area contributed by atoms with Gasteiger partial charge in [-0.25, -0.2) is 0 Å². The van der Waals surface area contributed by atoms with Crippen LogP contribution in [0.2, 0.25) is 5.02 Å². The van der Waals surface area contributed by atoms with Crippen LogP contribution in [0.4, 0.5) is 5.69 Å². The largest absolute Gasteiger partial charge is 0.389 e. The van der Waals surface area contributed by atoms with Crippen LogP contribution in [-0.2, 0) is 0 Å². The van der Waals surface area contributed by atoms with E-state index >= 15 is 0 Å². The van der Waals surface area contributed by atoms with E-state index in [-0.39, 0.29) is 0 Å². The van der Waals surface area contributed by atoms with Gasteiger partial charge in [-0.05, 0) is 24.6 Å². The molecular formula is C14H20ClNOS. The molecule has 0 amide bonds. The quantitative estimate of drug-likeness (QED) is 0.896. The predicted molar refractivity (Wildman–Crippen MR) is 80.8 cm³/mol. The van der Waals surface area contributed by atoms with Crippen molar-refractivity contribution in [1.29, 1.82) is 0 Å². The van der Waals surface area contributed by atoms with E-state index in [2.05, 4.69) is 18.7 Å². The van der Waals surface area contributed by atoms with E-state index in [9.17, 15) is 5.11 Å². The van der Waals surface area contributed by atoms with E-state index in [4.69, 9.17) is 11.6 Å². The standard InChI is InChI=1S/C14H20ClNOS/c1-9-7-16(8-10(2)18-9)14-5-4-12(11(3)17)6-13(14)15/h4-6,9-11,17H,7-8H2,1-3H3/t9?,10?,11-/m0/s1. The third kappa shape index (κ3) is 3.14. The predicted octanol–water partition coefficient (Wildman–Crippen LogP) is 3.72. The first-order valence-electron chi connectivity index (χ1n) is 6.35. The molecule has 1 aromatic rings. The van der Waals surface area contributed by atoms with Gasteiger partial charge in [-0.1, -0.05) is 31.5 Å². The van der Waals surface area contributed by atoms with Gasteiger partial charge in [0.2, 0.25) is 0 Å². The van der Waals surface area contributed by atoms with Gasteiger partial charge in [-0.2, -0.15) is 11.8 Å². The van der Waals surface area contributed by atoms with Crippen LogP contribution in [0.1, 0.15) is 32.4 Å². The molecule has 1 aliphatic heterocycles. The molecule has 2 nitrogen and oxygen atoms in total. The second kappa shape index (κ2) is 5.72. The van der Waals surface area contributed by atoms with E-state index in [0.29, 0.717) is 10.5 Å². The molecule has 1 N–H and O–H groups in total. The zero-order valence-electron chi connectivity index (χ0n) is 11.1. The molecule has 0 aromatic heterocycles. The number of hydrogen-bond donors (Lipinski definition) is 1. The van der Waals surface area contributed by atoms with Crippen molar-refractivity contribution in [2.45, 2.75) is 37.4 Å². The lowest BCUT2D eigenvalue weighted by molar-refractivity contribution is 0.199. The summed E-state index contributed by atoms with van der Waals surface area (Å²) in [6, 6.07) is 5.86. The summed E-state index contributed by atoms with van der Waals surface area (Å²) in [6.07, 6.45) is -0.466. The summed E-state index contributed by atoms with van der Waals surface area (Å²) in [5, 5.41) is 11.5. The number of aliphatic hydroxyl groups is 1. The van der Waals surface area contributed by atoms with Crippen molar-refractivity contribution < 1.29 is 5.11 Å². The van der Waals surface area contributed by atoms with E-state index in [1.54, 1.807) is 6.92 Å². The molecule has 1 aliphatic rings. The SMILES string of the molecule is CC1CN(c2ccc([C@H](C)O)cc2Cl)CC(C)S1. The number of nitrogens with zero attached hydrogens (tertiary/aromatic N) is 1. The van der Waals surface area contributed by atoms with Gasteiger partial charge in [0.25, 0.3) is 0 Å². The summed E-state index contributed by atoms with van der Waals surface area (Å²) in [6.45, 7) is 8.33. The van der Waals surface area contributed by atoms with Crippen LogP contribution < -0.4 is 4.90 Å². The van der Waals surface area contributed by atoms with Crippen molar-refractivity contribution in [3.05, 3.63) is 28.8 Å². The molecule has 0 bridgehead atoms. The number of thioether (sulfide) groups is 1. The monoisotopic (exact) mass is 285 g/mol. The van der Waals surface area contributed by atoms with Crippen molar-refractivity contribution in [2.75, 3.05) is 18.0 Å². The lowest BCUT2D eigenvalue weighted by Crippen LogP contribution is -2.40. The summed E-state index contributed by atoms with van der Waals surface area (Å²) < 4.78 is 0. The van der Waals surface area contributed by atoms with Gasteiger partial charge in [-0.3, -0.25) is 0 Å². The number of aliphatic hydroxyl groups excluding tert-OH is 1. The van der Waals surface area contributed by atoms with Gasteiger partial charge in [-0.15, -0.1) is 0 Å². The van der Waals surface area contributed by atoms with Crippen molar-refractivity contribution >= 4 is 29.1 Å². The fourth-order valence-corrected chi connectivity index (χ4v) is 4.05. The molecule has 2 rings (SSSR count). The lowest BCUT2D eigenvalue weighted by atomic mass is 10.1. The lowest BCUT2D eigenvalue weighted by Gasteiger charge is -2.36. The molecule has 1 fully saturated rings. The highest BCUT2D eigenvalue weighted by Crippen LogP contribution is 2.34. The Hall–Kier alpha value is -0.380. The highest BCUT2D eigenvalue weighted by atomic mass is 35.5. The molecular weight excluding hydrogens is 266 g/mol. The number of anilines is 1. The summed E-state index contributed by atoms with van der Waals surface area (Å²) in [4.78, 5) is 2.35. The molecule has 3 atom stereocenters. The van der Waals surface area contributed by atoms with Gasteiger partial charge < -0.3 is 10.0 Å². The maximum atomic E-state index is 9.56. The van der Waals surface area contributed by atoms with E-state index < -0.39 is 6.10 Å². The zero-order valence-corrected chi connectivity index (χ0v) is 12.6. The summed E-state index contributed by atoms with van der Waals surface area (Å²) in [5.74, 6) is 0. The maximum absolute atomic E-state index is 9.56. The van der Waals surface area contributed by atoms with Crippen molar-refractivity contribution in [2.24, 2.45) is 0 Å². The summed E-state index contributed by atoms with van der Waals surface area (Å²) in [7, 11) is 0. The molecule has 1 saturated heterocycles. The molecule has 0 radical (unpaired) electrons. The molecule has 1 heterocycles. The zero-order chi connectivity index (χ0) is 13.3. The smallest absolute Gasteiger partial charge is 0.0762 e. The summed E-state index contributed by atoms with van der Waals surface area (Å²) in [5.41, 5.74) is 1.95. The Bertz CT molecular complexity index is 414. The molecule has 1 aromatic carbocycles. The first-order chi connectivity index (χ1) is 8.47. The summed E-state index contributed by atoms with van der Waals surface area (Å²) >= 11 is 8.37. The topological polar surface area (TPSA) is 23.5 Å². The van der Waals surface area contributed by atoms with Gasteiger partial charge in [0.15, 0.2) is 0 Å². The number of rotatable bonds is 2. The Labute approximate surface area is 118 Å². The van der Waals surface area contributed by atoms with Crippen LogP contribution in [0.5, 0.6) is 0 Å². The fraction of sp³-hybridized carbons (Fsp3) is 0.571. The van der Waals surface area contributed by atoms with Crippen LogP contribution in [-0.4, -0.2) is 28.7 Å². The number of hydrogen-bond acceptors (Lipinski definition) is 3. The first kappa shape index (κ1) is 14.0. The van der Waals surface area contributed by atoms with Gasteiger partial charge in [0, 0.05) is 23.6 Å². The minimum atomic E-state index is -0.466. The third-order valence-electron chi connectivity index (χ3n) is 3.21. The molecule has 2 unspecified atom stereocenters. The second-order valence-corrected chi connectivity index (χ2v) is 7.34. The number of halogens is 1. The van der Waals surface area contributed by atoms with Gasteiger partial charge >= 0.3 is 0 Å². The second-order valence-electron chi connectivity index (χ2n) is 5.05. The average molecular weight is 286 g/mol. The Morgan fingerprint density at radius 2 is 1.94 bits per heavy atom. The maximum Gasteiger partial charge on any atom is 0.0762 e. The van der Waals surface area contributed by atoms with Crippen molar-refractivity contribution in [1.82, 2.24) is 0 Å². The van der Waals surface area contributed by atoms with Gasteiger partial charge in [0.05, 0.1) is 16.8 Å². The van der Waals surface area contributed by atoms with Crippen LogP contribution in [0.25, 0.3) is 0 Å². The van der Waals surface area contributed by atoms with Crippen molar-refractivity contribution in [3.63, 3.8) is 0 Å². The minimum Gasteiger partial charge on any atom is -0.389 e. The highest BCUT2D eigenvalue weighted by Gasteiger charge is 2.23. The van der Waals surface area contributed by atoms with Crippen LogP contribution in [0.3, 0.4) is 0 Å². The highest BCUT2D eigenvalue weighted by molar-refractivity contribution is 8.00. The van der Waals surface area contributed by atoms with Gasteiger partial charge in [0.1, 0.15) is 0 Å². The third-order valence-corrected chi connectivity index (χ3v) is 4.74. The molecule has 4 heteroatoms. The van der Waals surface area contributed by atoms with E-state index in [1.807, 2.05) is 30.0 Å².